The van der Waals surface area contributed by atoms with Crippen LogP contribution in [-0.4, -0.2) is 43.2 Å². The van der Waals surface area contributed by atoms with Crippen molar-refractivity contribution < 1.29 is 9.90 Å². The van der Waals surface area contributed by atoms with Gasteiger partial charge in [-0.15, -0.1) is 5.10 Å². The molecule has 0 aliphatic heterocycles. The second-order valence-electron chi connectivity index (χ2n) is 4.60. The third kappa shape index (κ3) is 4.04. The summed E-state index contributed by atoms with van der Waals surface area (Å²) in [5, 5.41) is 20.2. The monoisotopic (exact) mass is 275 g/mol. The van der Waals surface area contributed by atoms with Crippen molar-refractivity contribution in [2.75, 3.05) is 7.05 Å². The predicted molar refractivity (Wildman–Crippen MR) is 71.6 cm³/mol. The fourth-order valence-corrected chi connectivity index (χ4v) is 1.88. The Bertz CT molecular complexity index is 556. The lowest BCUT2D eigenvalue weighted by Crippen LogP contribution is -2.26. The average Bonchev–Trinajstić information content (AvgIpc) is 2.91. The Kier molecular flexibility index (Phi) is 4.65. The highest BCUT2D eigenvalue weighted by atomic mass is 16.3. The van der Waals surface area contributed by atoms with Crippen LogP contribution in [0.1, 0.15) is 18.4 Å². The summed E-state index contributed by atoms with van der Waals surface area (Å²) in [4.78, 5) is 13.6. The van der Waals surface area contributed by atoms with Crippen LogP contribution in [0.4, 0.5) is 0 Å². The van der Waals surface area contributed by atoms with Crippen LogP contribution in [0.2, 0.25) is 0 Å². The van der Waals surface area contributed by atoms with E-state index in [4.69, 9.17) is 0 Å². The third-order valence-electron chi connectivity index (χ3n) is 2.93. The minimum Gasteiger partial charge on any atom is -0.508 e. The fraction of sp³-hybridized carbons (Fsp3) is 0.385. The summed E-state index contributed by atoms with van der Waals surface area (Å²) in [5.74, 6) is 0.267. The minimum absolute atomic E-state index is 0.0569. The van der Waals surface area contributed by atoms with Crippen LogP contribution in [-0.2, 0) is 17.9 Å². The summed E-state index contributed by atoms with van der Waals surface area (Å²) in [6, 6.07) is 6.91. The van der Waals surface area contributed by atoms with Gasteiger partial charge in [-0.05, 0) is 34.5 Å². The number of hydrogen-bond acceptors (Lipinski definition) is 5. The first-order valence-electron chi connectivity index (χ1n) is 6.38. The Labute approximate surface area is 116 Å². The van der Waals surface area contributed by atoms with Gasteiger partial charge in [0.1, 0.15) is 12.1 Å². The molecule has 0 saturated heterocycles. The smallest absolute Gasteiger partial charge is 0.222 e. The molecule has 0 unspecified atom stereocenters. The molecule has 0 aliphatic carbocycles. The Balaban J connectivity index is 1.77. The van der Waals surface area contributed by atoms with E-state index in [1.807, 2.05) is 6.07 Å². The highest BCUT2D eigenvalue weighted by molar-refractivity contribution is 5.75. The zero-order valence-electron chi connectivity index (χ0n) is 11.3. The fourth-order valence-electron chi connectivity index (χ4n) is 1.88. The Morgan fingerprint density at radius 2 is 2.30 bits per heavy atom. The Hall–Kier alpha value is -2.44. The van der Waals surface area contributed by atoms with Crippen LogP contribution < -0.4 is 0 Å². The number of benzene rings is 1. The largest absolute Gasteiger partial charge is 0.508 e. The summed E-state index contributed by atoms with van der Waals surface area (Å²) in [7, 11) is 1.75. The maximum Gasteiger partial charge on any atom is 0.222 e. The summed E-state index contributed by atoms with van der Waals surface area (Å²) < 4.78 is 1.60. The van der Waals surface area contributed by atoms with Crippen LogP contribution in [0, 0.1) is 0 Å². The molecule has 1 aromatic heterocycles. The summed E-state index contributed by atoms with van der Waals surface area (Å²) >= 11 is 0. The Morgan fingerprint density at radius 3 is 3.00 bits per heavy atom. The number of hydrogen-bond donors (Lipinski definition) is 1. The van der Waals surface area contributed by atoms with Gasteiger partial charge in [0.05, 0.1) is 0 Å². The molecule has 7 nitrogen and oxygen atoms in total. The van der Waals surface area contributed by atoms with E-state index < -0.39 is 0 Å². The normalized spacial score (nSPS) is 10.4. The number of phenols is 1. The minimum atomic E-state index is 0.0569. The van der Waals surface area contributed by atoms with Crippen LogP contribution in [0.15, 0.2) is 30.6 Å². The van der Waals surface area contributed by atoms with Gasteiger partial charge in [0, 0.05) is 26.6 Å². The molecule has 1 N–H and O–H groups in total. The van der Waals surface area contributed by atoms with Crippen LogP contribution in [0.25, 0.3) is 0 Å². The first-order valence-corrected chi connectivity index (χ1v) is 6.38. The molecule has 20 heavy (non-hydrogen) atoms. The van der Waals surface area contributed by atoms with Crippen LogP contribution >= 0.6 is 0 Å². The molecule has 0 aliphatic rings. The van der Waals surface area contributed by atoms with Crippen molar-refractivity contribution in [3.05, 3.63) is 36.2 Å². The molecule has 1 heterocycles. The maximum atomic E-state index is 12.0. The van der Waals surface area contributed by atoms with Gasteiger partial charge in [-0.1, -0.05) is 12.1 Å². The molecule has 0 fully saturated rings. The van der Waals surface area contributed by atoms with E-state index in [0.717, 1.165) is 5.56 Å². The van der Waals surface area contributed by atoms with Gasteiger partial charge in [0.25, 0.3) is 0 Å². The molecule has 2 aromatic rings. The van der Waals surface area contributed by atoms with Gasteiger partial charge in [-0.25, -0.2) is 4.68 Å². The third-order valence-corrected chi connectivity index (χ3v) is 2.93. The lowest BCUT2D eigenvalue weighted by Gasteiger charge is -2.17. The van der Waals surface area contributed by atoms with Gasteiger partial charge in [0.2, 0.25) is 5.91 Å². The topological polar surface area (TPSA) is 84.1 Å². The second-order valence-corrected chi connectivity index (χ2v) is 4.60. The number of rotatable bonds is 6. The molecule has 1 amide bonds. The van der Waals surface area contributed by atoms with E-state index in [2.05, 4.69) is 15.5 Å². The molecule has 1 aromatic carbocycles. The van der Waals surface area contributed by atoms with Gasteiger partial charge in [0.15, 0.2) is 0 Å². The highest BCUT2D eigenvalue weighted by Crippen LogP contribution is 2.13. The summed E-state index contributed by atoms with van der Waals surface area (Å²) in [5.41, 5.74) is 0.904. The van der Waals surface area contributed by atoms with E-state index in [-0.39, 0.29) is 11.7 Å². The molecule has 106 valence electrons. The molecule has 0 bridgehead atoms. The molecular formula is C13H17N5O2. The lowest BCUT2D eigenvalue weighted by molar-refractivity contribution is -0.130. The number of amides is 1. The van der Waals surface area contributed by atoms with Crippen LogP contribution in [0.3, 0.4) is 0 Å². The van der Waals surface area contributed by atoms with Gasteiger partial charge < -0.3 is 10.0 Å². The molecule has 2 rings (SSSR count). The quantitative estimate of drug-likeness (QED) is 0.843. The summed E-state index contributed by atoms with van der Waals surface area (Å²) in [6.45, 7) is 1.11. The zero-order valence-corrected chi connectivity index (χ0v) is 11.3. The zero-order chi connectivity index (χ0) is 14.4. The van der Waals surface area contributed by atoms with Crippen molar-refractivity contribution >= 4 is 5.91 Å². The second kappa shape index (κ2) is 6.65. The SMILES string of the molecule is CN(Cc1cccc(O)c1)C(=O)CCCn1cnnn1. The summed E-state index contributed by atoms with van der Waals surface area (Å²) in [6.07, 6.45) is 2.66. The van der Waals surface area contributed by atoms with Crippen molar-refractivity contribution in [3.63, 3.8) is 0 Å². The number of aryl methyl sites for hydroxylation is 1. The van der Waals surface area contributed by atoms with Crippen LogP contribution in [0.5, 0.6) is 5.75 Å². The number of carbonyl (C=O) groups is 1. The molecule has 0 radical (unpaired) electrons. The number of tetrazole rings is 1. The first kappa shape index (κ1) is 14.0. The molecule has 0 atom stereocenters. The van der Waals surface area contributed by atoms with Crippen molar-refractivity contribution in [1.82, 2.24) is 25.1 Å². The van der Waals surface area contributed by atoms with Gasteiger partial charge in [-0.3, -0.25) is 4.79 Å². The molecule has 0 spiro atoms. The number of aromatic nitrogens is 4. The lowest BCUT2D eigenvalue weighted by atomic mass is 10.2. The van der Waals surface area contributed by atoms with E-state index >= 15 is 0 Å². The molecule has 0 saturated carbocycles. The standard InChI is InChI=1S/C13H17N5O2/c1-17(9-11-4-2-5-12(19)8-11)13(20)6-3-7-18-10-14-15-16-18/h2,4-5,8,10,19H,3,6-7,9H2,1H3. The van der Waals surface area contributed by atoms with Gasteiger partial charge >= 0.3 is 0 Å². The van der Waals surface area contributed by atoms with E-state index in [9.17, 15) is 9.90 Å². The highest BCUT2D eigenvalue weighted by Gasteiger charge is 2.09. The maximum absolute atomic E-state index is 12.0. The van der Waals surface area contributed by atoms with Crippen molar-refractivity contribution in [1.29, 1.82) is 0 Å². The Morgan fingerprint density at radius 1 is 1.45 bits per heavy atom. The van der Waals surface area contributed by atoms with Crippen molar-refractivity contribution in [2.45, 2.75) is 25.9 Å². The van der Waals surface area contributed by atoms with E-state index in [0.29, 0.717) is 25.9 Å². The van der Waals surface area contributed by atoms with Crippen molar-refractivity contribution in [2.24, 2.45) is 0 Å². The van der Waals surface area contributed by atoms with Crippen molar-refractivity contribution in [3.8, 4) is 5.75 Å². The first-order chi connectivity index (χ1) is 9.65. The number of carbonyl (C=O) groups excluding carboxylic acids is 1. The number of aromatic hydroxyl groups is 1. The predicted octanol–water partition coefficient (Wildman–Crippen LogP) is 0.817. The molecular weight excluding hydrogens is 258 g/mol. The number of nitrogens with zero attached hydrogens (tertiary/aromatic N) is 5. The average molecular weight is 275 g/mol. The van der Waals surface area contributed by atoms with E-state index in [1.165, 1.54) is 6.33 Å². The van der Waals surface area contributed by atoms with Gasteiger partial charge in [-0.2, -0.15) is 0 Å². The van der Waals surface area contributed by atoms with E-state index in [1.54, 1.807) is 34.8 Å². The number of phenolic OH excluding ortho intramolecular Hbond substituents is 1. The molecule has 7 heteroatoms.